The maximum atomic E-state index is 12.2. The van der Waals surface area contributed by atoms with E-state index in [0.717, 1.165) is 32.1 Å². The summed E-state index contributed by atoms with van der Waals surface area (Å²) in [6.07, 6.45) is 4.53. The average Bonchev–Trinajstić information content (AvgIpc) is 2.63. The van der Waals surface area contributed by atoms with E-state index in [4.69, 9.17) is 4.74 Å². The number of carbonyl (C=O) groups excluding carboxylic acids is 1. The van der Waals surface area contributed by atoms with Crippen LogP contribution < -0.4 is 0 Å². The first-order chi connectivity index (χ1) is 8.46. The van der Waals surface area contributed by atoms with Crippen LogP contribution in [0.5, 0.6) is 0 Å². The third-order valence-electron chi connectivity index (χ3n) is 6.27. The molecule has 1 N–H and O–H groups in total. The van der Waals surface area contributed by atoms with Crippen LogP contribution >= 0.6 is 0 Å². The zero-order chi connectivity index (χ0) is 13.1. The standard InChI is InChI=1S/C15H24O3/c1-9(2)11-8-15(17)12-5-7-14(15,13(16)18-3)6-4-10(11)12/h9-12,17H,4-8H2,1-3H3/t10-,11-,12-,14-,15-/m1/s1. The lowest BCUT2D eigenvalue weighted by molar-refractivity contribution is -0.176. The van der Waals surface area contributed by atoms with E-state index >= 15 is 0 Å². The van der Waals surface area contributed by atoms with Crippen molar-refractivity contribution in [1.82, 2.24) is 0 Å². The number of hydrogen-bond donors (Lipinski definition) is 1. The Kier molecular flexibility index (Phi) is 2.58. The van der Waals surface area contributed by atoms with Crippen molar-refractivity contribution in [1.29, 1.82) is 0 Å². The van der Waals surface area contributed by atoms with Gasteiger partial charge in [-0.1, -0.05) is 13.8 Å². The fraction of sp³-hybridized carbons (Fsp3) is 0.933. The molecule has 18 heavy (non-hydrogen) atoms. The summed E-state index contributed by atoms with van der Waals surface area (Å²) >= 11 is 0. The summed E-state index contributed by atoms with van der Waals surface area (Å²) in [5.41, 5.74) is -1.37. The molecular weight excluding hydrogens is 228 g/mol. The summed E-state index contributed by atoms with van der Waals surface area (Å²) < 4.78 is 5.02. The average molecular weight is 252 g/mol. The van der Waals surface area contributed by atoms with Crippen molar-refractivity contribution in [3.05, 3.63) is 0 Å². The van der Waals surface area contributed by atoms with Crippen molar-refractivity contribution >= 4 is 5.97 Å². The molecule has 3 aliphatic rings. The lowest BCUT2D eigenvalue weighted by Crippen LogP contribution is -2.53. The molecular formula is C15H24O3. The molecule has 3 heteroatoms. The Morgan fingerprint density at radius 1 is 1.33 bits per heavy atom. The zero-order valence-corrected chi connectivity index (χ0v) is 11.6. The van der Waals surface area contributed by atoms with Gasteiger partial charge in [0.2, 0.25) is 0 Å². The van der Waals surface area contributed by atoms with E-state index < -0.39 is 11.0 Å². The lowest BCUT2D eigenvalue weighted by Gasteiger charge is -2.43. The van der Waals surface area contributed by atoms with Crippen LogP contribution in [0.4, 0.5) is 0 Å². The summed E-state index contributed by atoms with van der Waals surface area (Å²) in [5.74, 6) is 1.95. The van der Waals surface area contributed by atoms with Gasteiger partial charge in [-0.15, -0.1) is 0 Å². The minimum atomic E-state index is -0.780. The minimum absolute atomic E-state index is 0.171. The SMILES string of the molecule is COC(=O)[C@]12CC[C@@H]3[C@@H](C(C)C)C[C@@]1(O)[C@@H]3CC2. The molecule has 0 amide bonds. The minimum Gasteiger partial charge on any atom is -0.469 e. The highest BCUT2D eigenvalue weighted by Gasteiger charge is 2.72. The van der Waals surface area contributed by atoms with Crippen molar-refractivity contribution < 1.29 is 14.6 Å². The summed E-state index contributed by atoms with van der Waals surface area (Å²) in [4.78, 5) is 12.2. The molecule has 0 radical (unpaired) electrons. The van der Waals surface area contributed by atoms with Crippen molar-refractivity contribution in [2.45, 2.75) is 51.6 Å². The van der Waals surface area contributed by atoms with Crippen molar-refractivity contribution in [3.8, 4) is 0 Å². The molecule has 0 unspecified atom stereocenters. The van der Waals surface area contributed by atoms with Crippen LogP contribution in [0.3, 0.4) is 0 Å². The Morgan fingerprint density at radius 2 is 2.00 bits per heavy atom. The largest absolute Gasteiger partial charge is 0.469 e. The molecule has 3 fully saturated rings. The van der Waals surface area contributed by atoms with E-state index in [1.165, 1.54) is 7.11 Å². The number of hydrogen-bond acceptors (Lipinski definition) is 3. The second-order valence-corrected chi connectivity index (χ2v) is 6.96. The molecule has 0 heterocycles. The Morgan fingerprint density at radius 3 is 2.61 bits per heavy atom. The van der Waals surface area contributed by atoms with Gasteiger partial charge in [0.15, 0.2) is 0 Å². The van der Waals surface area contributed by atoms with E-state index in [0.29, 0.717) is 23.7 Å². The second-order valence-electron chi connectivity index (χ2n) is 6.96. The molecule has 3 aliphatic carbocycles. The van der Waals surface area contributed by atoms with Crippen LogP contribution in [0.25, 0.3) is 0 Å². The highest BCUT2D eigenvalue weighted by Crippen LogP contribution is 2.69. The Hall–Kier alpha value is -0.570. The van der Waals surface area contributed by atoms with E-state index in [9.17, 15) is 9.90 Å². The monoisotopic (exact) mass is 252 g/mol. The summed E-state index contributed by atoms with van der Waals surface area (Å²) in [6.45, 7) is 4.49. The first-order valence-electron chi connectivity index (χ1n) is 7.27. The highest BCUT2D eigenvalue weighted by molar-refractivity contribution is 5.79. The van der Waals surface area contributed by atoms with Gasteiger partial charge >= 0.3 is 5.97 Å². The van der Waals surface area contributed by atoms with Gasteiger partial charge in [0.05, 0.1) is 18.1 Å². The second kappa shape index (κ2) is 3.72. The molecule has 102 valence electrons. The molecule has 3 rings (SSSR count). The third kappa shape index (κ3) is 1.21. The number of methoxy groups -OCH3 is 1. The van der Waals surface area contributed by atoms with Crippen molar-refractivity contribution in [2.24, 2.45) is 29.1 Å². The van der Waals surface area contributed by atoms with E-state index in [2.05, 4.69) is 13.8 Å². The molecule has 0 aromatic rings. The van der Waals surface area contributed by atoms with Gasteiger partial charge in [0.1, 0.15) is 0 Å². The predicted molar refractivity (Wildman–Crippen MR) is 67.8 cm³/mol. The Labute approximate surface area is 109 Å². The Bertz CT molecular complexity index is 378. The molecule has 0 aromatic heterocycles. The van der Waals surface area contributed by atoms with Gasteiger partial charge in [0, 0.05) is 0 Å². The predicted octanol–water partition coefficient (Wildman–Crippen LogP) is 2.37. The molecule has 0 aliphatic heterocycles. The molecule has 0 spiro atoms. The van der Waals surface area contributed by atoms with Crippen LogP contribution in [0.1, 0.15) is 46.0 Å². The molecule has 0 saturated heterocycles. The van der Waals surface area contributed by atoms with Gasteiger partial charge in [-0.25, -0.2) is 0 Å². The van der Waals surface area contributed by atoms with Crippen molar-refractivity contribution in [3.63, 3.8) is 0 Å². The number of rotatable bonds is 2. The maximum absolute atomic E-state index is 12.2. The molecule has 5 atom stereocenters. The summed E-state index contributed by atoms with van der Waals surface area (Å²) in [7, 11) is 1.45. The Balaban J connectivity index is 2.01. The smallest absolute Gasteiger partial charge is 0.314 e. The summed E-state index contributed by atoms with van der Waals surface area (Å²) in [5, 5.41) is 11.2. The maximum Gasteiger partial charge on any atom is 0.314 e. The van der Waals surface area contributed by atoms with Gasteiger partial charge in [0.25, 0.3) is 0 Å². The van der Waals surface area contributed by atoms with E-state index in [1.54, 1.807) is 0 Å². The van der Waals surface area contributed by atoms with Gasteiger partial charge in [-0.05, 0) is 55.8 Å². The van der Waals surface area contributed by atoms with Gasteiger partial charge < -0.3 is 9.84 Å². The number of ether oxygens (including phenoxy) is 1. The fourth-order valence-electron chi connectivity index (χ4n) is 5.41. The van der Waals surface area contributed by atoms with Crippen LogP contribution in [0, 0.1) is 29.1 Å². The van der Waals surface area contributed by atoms with Gasteiger partial charge in [-0.2, -0.15) is 0 Å². The molecule has 4 bridgehead atoms. The number of esters is 1. The molecule has 3 saturated carbocycles. The highest BCUT2D eigenvalue weighted by atomic mass is 16.5. The zero-order valence-electron chi connectivity index (χ0n) is 11.6. The number of aliphatic hydroxyl groups is 1. The molecule has 0 aromatic carbocycles. The van der Waals surface area contributed by atoms with E-state index in [1.807, 2.05) is 0 Å². The third-order valence-corrected chi connectivity index (χ3v) is 6.27. The van der Waals surface area contributed by atoms with Crippen LogP contribution in [0.2, 0.25) is 0 Å². The van der Waals surface area contributed by atoms with Crippen LogP contribution in [-0.4, -0.2) is 23.8 Å². The first kappa shape index (κ1) is 12.5. The normalized spacial score (nSPS) is 49.7. The first-order valence-corrected chi connectivity index (χ1v) is 7.27. The fourth-order valence-corrected chi connectivity index (χ4v) is 5.41. The molecule has 3 nitrogen and oxygen atoms in total. The topological polar surface area (TPSA) is 46.5 Å². The lowest BCUT2D eigenvalue weighted by atomic mass is 9.64. The van der Waals surface area contributed by atoms with Crippen molar-refractivity contribution in [2.75, 3.05) is 7.11 Å². The van der Waals surface area contributed by atoms with E-state index in [-0.39, 0.29) is 5.97 Å². The van der Waals surface area contributed by atoms with Crippen LogP contribution in [0.15, 0.2) is 0 Å². The number of carbonyl (C=O) groups is 1. The van der Waals surface area contributed by atoms with Crippen LogP contribution in [-0.2, 0) is 9.53 Å². The van der Waals surface area contributed by atoms with Gasteiger partial charge in [-0.3, -0.25) is 4.79 Å². The summed E-state index contributed by atoms with van der Waals surface area (Å²) in [6, 6.07) is 0. The quantitative estimate of drug-likeness (QED) is 0.767.